The van der Waals surface area contributed by atoms with Crippen LogP contribution in [0, 0.1) is 29.2 Å². The Hall–Kier alpha value is -3.14. The summed E-state index contributed by atoms with van der Waals surface area (Å²) in [4.78, 5) is 0. The Bertz CT molecular complexity index is 1100. The average Bonchev–Trinajstić information content (AvgIpc) is 2.72. The first-order valence-electron chi connectivity index (χ1n) is 9.36. The van der Waals surface area contributed by atoms with Crippen molar-refractivity contribution in [2.75, 3.05) is 0 Å². The Morgan fingerprint density at radius 1 is 0.690 bits per heavy atom. The van der Waals surface area contributed by atoms with E-state index in [0.29, 0.717) is 11.5 Å². The summed E-state index contributed by atoms with van der Waals surface area (Å²) in [7, 11) is 0. The van der Waals surface area contributed by atoms with E-state index in [-0.39, 0.29) is 11.1 Å². The molecule has 4 rings (SSSR count). The first-order valence-corrected chi connectivity index (χ1v) is 9.36. The molecule has 1 aliphatic carbocycles. The van der Waals surface area contributed by atoms with Crippen LogP contribution in [0.4, 0.5) is 17.6 Å². The summed E-state index contributed by atoms with van der Waals surface area (Å²) in [5, 5.41) is 0. The summed E-state index contributed by atoms with van der Waals surface area (Å²) in [5.41, 5.74) is 3.68. The predicted octanol–water partition coefficient (Wildman–Crippen LogP) is 7.56. The third kappa shape index (κ3) is 3.88. The van der Waals surface area contributed by atoms with E-state index in [2.05, 4.69) is 25.2 Å². The molecular weight excluding hydrogens is 376 g/mol. The number of benzene rings is 3. The van der Waals surface area contributed by atoms with Gasteiger partial charge in [0.25, 0.3) is 0 Å². The van der Waals surface area contributed by atoms with Crippen LogP contribution < -0.4 is 0 Å². The molecule has 0 saturated carbocycles. The zero-order valence-electron chi connectivity index (χ0n) is 15.7. The van der Waals surface area contributed by atoms with E-state index in [4.69, 9.17) is 0 Å². The maximum absolute atomic E-state index is 14.6. The Morgan fingerprint density at radius 3 is 1.86 bits per heavy atom. The van der Waals surface area contributed by atoms with Gasteiger partial charge in [0, 0.05) is 5.56 Å². The molecule has 0 heterocycles. The van der Waals surface area contributed by atoms with Crippen molar-refractivity contribution >= 4 is 5.57 Å². The molecule has 0 nitrogen and oxygen atoms in total. The van der Waals surface area contributed by atoms with Crippen LogP contribution in [0.15, 0.2) is 72.8 Å². The van der Waals surface area contributed by atoms with Crippen LogP contribution >= 0.6 is 0 Å². The highest BCUT2D eigenvalue weighted by molar-refractivity contribution is 5.77. The molecule has 0 aromatic heterocycles. The maximum Gasteiger partial charge on any atom is 0.194 e. The number of hydrogen-bond acceptors (Lipinski definition) is 0. The van der Waals surface area contributed by atoms with Gasteiger partial charge in [0.1, 0.15) is 5.82 Å². The largest absolute Gasteiger partial charge is 0.206 e. The van der Waals surface area contributed by atoms with Crippen LogP contribution in [-0.4, -0.2) is 0 Å². The lowest BCUT2D eigenvalue weighted by molar-refractivity contribution is 0.447. The van der Waals surface area contributed by atoms with Gasteiger partial charge in [-0.1, -0.05) is 61.5 Å². The second-order valence-corrected chi connectivity index (χ2v) is 7.26. The number of allylic oxidation sites excluding steroid dienone is 4. The standard InChI is InChI=1S/C25H18F4/c1-15-2-4-16(5-3-15)17-6-8-18(9-7-17)19-10-11-21(22(26)12-19)20-13-23(27)25(29)24(28)14-20/h2,4-15H,3H2,1H3. The van der Waals surface area contributed by atoms with Gasteiger partial charge >= 0.3 is 0 Å². The van der Waals surface area contributed by atoms with Gasteiger partial charge in [0.15, 0.2) is 17.5 Å². The molecular formula is C25H18F4. The van der Waals surface area contributed by atoms with Gasteiger partial charge in [0.05, 0.1) is 0 Å². The monoisotopic (exact) mass is 394 g/mol. The van der Waals surface area contributed by atoms with Crippen LogP contribution in [0.2, 0.25) is 0 Å². The van der Waals surface area contributed by atoms with Crippen LogP contribution in [0.5, 0.6) is 0 Å². The van der Waals surface area contributed by atoms with E-state index in [0.717, 1.165) is 35.3 Å². The second-order valence-electron chi connectivity index (χ2n) is 7.26. The number of hydrogen-bond donors (Lipinski definition) is 0. The van der Waals surface area contributed by atoms with Gasteiger partial charge in [-0.15, -0.1) is 0 Å². The average molecular weight is 394 g/mol. The molecule has 4 heteroatoms. The minimum atomic E-state index is -1.57. The number of rotatable bonds is 3. The third-order valence-electron chi connectivity index (χ3n) is 5.13. The Labute approximate surface area is 166 Å². The van der Waals surface area contributed by atoms with Gasteiger partial charge in [-0.2, -0.15) is 0 Å². The molecule has 0 spiro atoms. The predicted molar refractivity (Wildman–Crippen MR) is 108 cm³/mol. The summed E-state index contributed by atoms with van der Waals surface area (Å²) >= 11 is 0. The zero-order chi connectivity index (χ0) is 20.5. The topological polar surface area (TPSA) is 0 Å². The smallest absolute Gasteiger partial charge is 0.194 e. The quantitative estimate of drug-likeness (QED) is 0.318. The van der Waals surface area contributed by atoms with E-state index in [1.54, 1.807) is 6.07 Å². The highest BCUT2D eigenvalue weighted by Gasteiger charge is 2.15. The van der Waals surface area contributed by atoms with E-state index < -0.39 is 23.3 Å². The molecule has 3 aromatic carbocycles. The fourth-order valence-corrected chi connectivity index (χ4v) is 3.44. The van der Waals surface area contributed by atoms with Crippen molar-refractivity contribution in [3.8, 4) is 22.3 Å². The van der Waals surface area contributed by atoms with Crippen LogP contribution in [0.3, 0.4) is 0 Å². The Kier molecular flexibility index (Phi) is 5.10. The van der Waals surface area contributed by atoms with Crippen LogP contribution in [-0.2, 0) is 0 Å². The third-order valence-corrected chi connectivity index (χ3v) is 5.13. The lowest BCUT2D eigenvalue weighted by Gasteiger charge is -2.13. The van der Waals surface area contributed by atoms with Crippen LogP contribution in [0.1, 0.15) is 18.9 Å². The van der Waals surface area contributed by atoms with Crippen molar-refractivity contribution in [3.05, 3.63) is 102 Å². The lowest BCUT2D eigenvalue weighted by atomic mass is 9.93. The van der Waals surface area contributed by atoms with Crippen molar-refractivity contribution in [1.82, 2.24) is 0 Å². The fourth-order valence-electron chi connectivity index (χ4n) is 3.44. The zero-order valence-corrected chi connectivity index (χ0v) is 15.7. The van der Waals surface area contributed by atoms with E-state index in [1.165, 1.54) is 12.1 Å². The summed E-state index contributed by atoms with van der Waals surface area (Å²) < 4.78 is 54.7. The molecule has 1 aliphatic rings. The SMILES string of the molecule is CC1C=CC(c2ccc(-c3ccc(-c4cc(F)c(F)c(F)c4)c(F)c3)cc2)=CC1. The van der Waals surface area contributed by atoms with Crippen molar-refractivity contribution in [2.45, 2.75) is 13.3 Å². The Balaban J connectivity index is 1.62. The number of halogens is 4. The molecule has 0 saturated heterocycles. The molecule has 0 N–H and O–H groups in total. The molecule has 0 bridgehead atoms. The van der Waals surface area contributed by atoms with Crippen molar-refractivity contribution in [1.29, 1.82) is 0 Å². The second kappa shape index (κ2) is 7.70. The summed E-state index contributed by atoms with van der Waals surface area (Å²) in [6, 6.07) is 13.8. The summed E-state index contributed by atoms with van der Waals surface area (Å²) in [6.45, 7) is 2.17. The summed E-state index contributed by atoms with van der Waals surface area (Å²) in [6.07, 6.45) is 7.50. The van der Waals surface area contributed by atoms with Gasteiger partial charge in [-0.05, 0) is 58.4 Å². The lowest BCUT2D eigenvalue weighted by Crippen LogP contribution is -1.94. The van der Waals surface area contributed by atoms with E-state index in [9.17, 15) is 17.6 Å². The van der Waals surface area contributed by atoms with E-state index >= 15 is 0 Å². The van der Waals surface area contributed by atoms with Crippen molar-refractivity contribution in [2.24, 2.45) is 5.92 Å². The van der Waals surface area contributed by atoms with Gasteiger partial charge in [-0.25, -0.2) is 17.6 Å². The molecule has 1 unspecified atom stereocenters. The van der Waals surface area contributed by atoms with E-state index in [1.807, 2.05) is 24.3 Å². The summed E-state index contributed by atoms with van der Waals surface area (Å²) in [5.74, 6) is -4.35. The molecule has 1 atom stereocenters. The highest BCUT2D eigenvalue weighted by Crippen LogP contribution is 2.31. The molecule has 29 heavy (non-hydrogen) atoms. The Morgan fingerprint density at radius 2 is 1.28 bits per heavy atom. The minimum Gasteiger partial charge on any atom is -0.206 e. The molecule has 0 radical (unpaired) electrons. The van der Waals surface area contributed by atoms with Crippen LogP contribution in [0.25, 0.3) is 27.8 Å². The van der Waals surface area contributed by atoms with Gasteiger partial charge in [0.2, 0.25) is 0 Å². The highest BCUT2D eigenvalue weighted by atomic mass is 19.2. The van der Waals surface area contributed by atoms with Gasteiger partial charge in [-0.3, -0.25) is 0 Å². The maximum atomic E-state index is 14.6. The molecule has 0 amide bonds. The minimum absolute atomic E-state index is 0.00906. The first kappa shape index (κ1) is 19.2. The normalized spacial score (nSPS) is 16.0. The molecule has 0 aliphatic heterocycles. The first-order chi connectivity index (χ1) is 13.9. The molecule has 146 valence electrons. The van der Waals surface area contributed by atoms with Gasteiger partial charge < -0.3 is 0 Å². The molecule has 0 fully saturated rings. The van der Waals surface area contributed by atoms with Crippen molar-refractivity contribution in [3.63, 3.8) is 0 Å². The van der Waals surface area contributed by atoms with Crippen molar-refractivity contribution < 1.29 is 17.6 Å². The fraction of sp³-hybridized carbons (Fsp3) is 0.120. The molecule has 3 aromatic rings.